The highest BCUT2D eigenvalue weighted by molar-refractivity contribution is 7.10. The van der Waals surface area contributed by atoms with E-state index in [9.17, 15) is 9.59 Å². The SMILES string of the molecule is COc1ccc([C@@H](C(=O)NC2CCCCC2)N(C(=O)Cc2cccs2)c2ccc(C)cc2)cc1OC. The lowest BCUT2D eigenvalue weighted by molar-refractivity contribution is -0.127. The van der Waals surface area contributed by atoms with Crippen LogP contribution in [-0.2, 0) is 16.0 Å². The van der Waals surface area contributed by atoms with Crippen LogP contribution in [0.1, 0.15) is 54.1 Å². The number of nitrogens with one attached hydrogen (secondary N) is 1. The second-order valence-electron chi connectivity index (χ2n) is 9.22. The molecule has 0 unspecified atom stereocenters. The van der Waals surface area contributed by atoms with Gasteiger partial charge in [0, 0.05) is 16.6 Å². The molecule has 6 nitrogen and oxygen atoms in total. The Morgan fingerprint density at radius 2 is 1.72 bits per heavy atom. The summed E-state index contributed by atoms with van der Waals surface area (Å²) in [6, 6.07) is 16.3. The number of nitrogens with zero attached hydrogens (tertiary/aromatic N) is 1. The number of thiophene rings is 1. The van der Waals surface area contributed by atoms with Crippen molar-refractivity contribution in [2.75, 3.05) is 19.1 Å². The molecule has 2 aromatic carbocycles. The van der Waals surface area contributed by atoms with Gasteiger partial charge in [0.2, 0.25) is 11.8 Å². The molecule has 0 spiro atoms. The molecule has 1 heterocycles. The molecule has 1 atom stereocenters. The summed E-state index contributed by atoms with van der Waals surface area (Å²) in [4.78, 5) is 30.5. The van der Waals surface area contributed by atoms with Gasteiger partial charge in [-0.25, -0.2) is 0 Å². The first-order valence-corrected chi connectivity index (χ1v) is 13.3. The van der Waals surface area contributed by atoms with Gasteiger partial charge in [-0.15, -0.1) is 11.3 Å². The van der Waals surface area contributed by atoms with Crippen LogP contribution in [0.5, 0.6) is 11.5 Å². The molecule has 0 bridgehead atoms. The maximum atomic E-state index is 14.0. The minimum absolute atomic E-state index is 0.112. The lowest BCUT2D eigenvalue weighted by Gasteiger charge is -2.34. The average molecular weight is 507 g/mol. The zero-order chi connectivity index (χ0) is 25.5. The van der Waals surface area contributed by atoms with Crippen molar-refractivity contribution >= 4 is 28.8 Å². The van der Waals surface area contributed by atoms with E-state index in [1.54, 1.807) is 31.3 Å². The highest BCUT2D eigenvalue weighted by Crippen LogP contribution is 2.35. The molecule has 1 aliphatic carbocycles. The third-order valence-corrected chi connectivity index (χ3v) is 7.54. The molecule has 0 saturated heterocycles. The monoisotopic (exact) mass is 506 g/mol. The summed E-state index contributed by atoms with van der Waals surface area (Å²) in [5.41, 5.74) is 2.43. The van der Waals surface area contributed by atoms with Gasteiger partial charge in [-0.05, 0) is 61.0 Å². The first-order valence-electron chi connectivity index (χ1n) is 12.4. The van der Waals surface area contributed by atoms with E-state index in [1.165, 1.54) is 17.8 Å². The summed E-state index contributed by atoms with van der Waals surface area (Å²) in [6.07, 6.45) is 5.53. The van der Waals surface area contributed by atoms with Crippen molar-refractivity contribution in [3.05, 3.63) is 76.0 Å². The Morgan fingerprint density at radius 1 is 1.00 bits per heavy atom. The van der Waals surface area contributed by atoms with Gasteiger partial charge in [-0.1, -0.05) is 49.1 Å². The topological polar surface area (TPSA) is 67.9 Å². The smallest absolute Gasteiger partial charge is 0.248 e. The first kappa shape index (κ1) is 25.8. The van der Waals surface area contributed by atoms with E-state index >= 15 is 0 Å². The maximum Gasteiger partial charge on any atom is 0.248 e. The van der Waals surface area contributed by atoms with Crippen molar-refractivity contribution in [3.8, 4) is 11.5 Å². The highest BCUT2D eigenvalue weighted by Gasteiger charge is 2.34. The predicted molar refractivity (Wildman–Crippen MR) is 144 cm³/mol. The summed E-state index contributed by atoms with van der Waals surface area (Å²) < 4.78 is 11.0. The number of hydrogen-bond donors (Lipinski definition) is 1. The van der Waals surface area contributed by atoms with E-state index in [-0.39, 0.29) is 24.3 Å². The molecule has 1 aromatic heterocycles. The molecule has 1 N–H and O–H groups in total. The summed E-state index contributed by atoms with van der Waals surface area (Å²) in [7, 11) is 3.15. The average Bonchev–Trinajstić information content (AvgIpc) is 3.41. The predicted octanol–water partition coefficient (Wildman–Crippen LogP) is 5.84. The van der Waals surface area contributed by atoms with E-state index in [1.807, 2.05) is 54.8 Å². The fourth-order valence-electron chi connectivity index (χ4n) is 4.76. The molecule has 0 aliphatic heterocycles. The van der Waals surface area contributed by atoms with E-state index in [2.05, 4.69) is 5.32 Å². The summed E-state index contributed by atoms with van der Waals surface area (Å²) >= 11 is 1.54. The first-order chi connectivity index (χ1) is 17.5. The number of hydrogen-bond acceptors (Lipinski definition) is 5. The zero-order valence-corrected chi connectivity index (χ0v) is 22.0. The summed E-state index contributed by atoms with van der Waals surface area (Å²) in [6.45, 7) is 2.00. The van der Waals surface area contributed by atoms with E-state index in [0.29, 0.717) is 22.7 Å². The van der Waals surface area contributed by atoms with E-state index in [0.717, 1.165) is 36.1 Å². The van der Waals surface area contributed by atoms with Crippen LogP contribution in [-0.4, -0.2) is 32.1 Å². The number of methoxy groups -OCH3 is 2. The molecule has 36 heavy (non-hydrogen) atoms. The zero-order valence-electron chi connectivity index (χ0n) is 21.2. The molecule has 1 saturated carbocycles. The Labute approximate surface area is 217 Å². The lowest BCUT2D eigenvalue weighted by Crippen LogP contribution is -2.47. The van der Waals surface area contributed by atoms with Gasteiger partial charge >= 0.3 is 0 Å². The number of aryl methyl sites for hydroxylation is 1. The second kappa shape index (κ2) is 12.1. The number of amides is 2. The quantitative estimate of drug-likeness (QED) is 0.396. The van der Waals surface area contributed by atoms with Gasteiger partial charge in [0.15, 0.2) is 11.5 Å². The fraction of sp³-hybridized carbons (Fsp3) is 0.379. The molecule has 7 heteroatoms. The van der Waals surface area contributed by atoms with E-state index < -0.39 is 6.04 Å². The minimum atomic E-state index is -0.859. The number of carbonyl (C=O) groups is 2. The van der Waals surface area contributed by atoms with Crippen molar-refractivity contribution in [2.24, 2.45) is 0 Å². The minimum Gasteiger partial charge on any atom is -0.493 e. The molecular weight excluding hydrogens is 472 g/mol. The largest absolute Gasteiger partial charge is 0.493 e. The van der Waals surface area contributed by atoms with Gasteiger partial charge in [0.25, 0.3) is 0 Å². The fourth-order valence-corrected chi connectivity index (χ4v) is 5.45. The molecule has 1 aliphatic rings. The number of ether oxygens (including phenoxy) is 2. The van der Waals surface area contributed by atoms with Gasteiger partial charge in [-0.3, -0.25) is 14.5 Å². The van der Waals surface area contributed by atoms with Crippen LogP contribution >= 0.6 is 11.3 Å². The molecule has 3 aromatic rings. The standard InChI is InChI=1S/C29H34N2O4S/c1-20-11-14-23(15-12-20)31(27(32)19-24-10-7-17-36-24)28(29(33)30-22-8-5-4-6-9-22)21-13-16-25(34-2)26(18-21)35-3/h7,10-18,22,28H,4-6,8-9,19H2,1-3H3,(H,30,33)/t28-/m0/s1. The Balaban J connectivity index is 1.79. The van der Waals surface area contributed by atoms with Crippen molar-refractivity contribution < 1.29 is 19.1 Å². The van der Waals surface area contributed by atoms with Crippen molar-refractivity contribution in [1.82, 2.24) is 5.32 Å². The van der Waals surface area contributed by atoms with Crippen molar-refractivity contribution in [2.45, 2.75) is 57.5 Å². The number of rotatable bonds is 9. The molecule has 4 rings (SSSR count). The van der Waals surface area contributed by atoms with Crippen molar-refractivity contribution in [3.63, 3.8) is 0 Å². The Kier molecular flexibility index (Phi) is 8.65. The molecule has 0 radical (unpaired) electrons. The third kappa shape index (κ3) is 6.08. The van der Waals surface area contributed by atoms with Crippen LogP contribution in [0.2, 0.25) is 0 Å². The van der Waals surface area contributed by atoms with Crippen molar-refractivity contribution in [1.29, 1.82) is 0 Å². The Hall–Kier alpha value is -3.32. The normalized spacial score (nSPS) is 14.6. The van der Waals surface area contributed by atoms with Gasteiger partial charge < -0.3 is 14.8 Å². The molecule has 190 valence electrons. The van der Waals surface area contributed by atoms with E-state index in [4.69, 9.17) is 9.47 Å². The van der Waals surface area contributed by atoms with Gasteiger partial charge in [0.05, 0.1) is 20.6 Å². The molecule has 2 amide bonds. The number of anilines is 1. The summed E-state index contributed by atoms with van der Waals surface area (Å²) in [5, 5.41) is 5.22. The van der Waals surface area contributed by atoms with Crippen LogP contribution in [0, 0.1) is 6.92 Å². The maximum absolute atomic E-state index is 14.0. The van der Waals surface area contributed by atoms with Crippen LogP contribution in [0.4, 0.5) is 5.69 Å². The molecular formula is C29H34N2O4S. The van der Waals surface area contributed by atoms with Gasteiger partial charge in [-0.2, -0.15) is 0 Å². The lowest BCUT2D eigenvalue weighted by atomic mass is 9.94. The highest BCUT2D eigenvalue weighted by atomic mass is 32.1. The Bertz CT molecular complexity index is 1150. The number of carbonyl (C=O) groups excluding carboxylic acids is 2. The molecule has 1 fully saturated rings. The van der Waals surface area contributed by atoms with Gasteiger partial charge in [0.1, 0.15) is 6.04 Å². The van der Waals surface area contributed by atoms with Crippen LogP contribution in [0.15, 0.2) is 60.0 Å². The van der Waals surface area contributed by atoms with Crippen LogP contribution in [0.3, 0.4) is 0 Å². The van der Waals surface area contributed by atoms with Crippen LogP contribution in [0.25, 0.3) is 0 Å². The summed E-state index contributed by atoms with van der Waals surface area (Å²) in [5.74, 6) is 0.758. The number of benzene rings is 2. The Morgan fingerprint density at radius 3 is 2.36 bits per heavy atom. The second-order valence-corrected chi connectivity index (χ2v) is 10.2. The third-order valence-electron chi connectivity index (χ3n) is 6.67. The van der Waals surface area contributed by atoms with Crippen LogP contribution < -0.4 is 19.7 Å².